The van der Waals surface area contributed by atoms with Gasteiger partial charge in [-0.3, -0.25) is 9.59 Å². The van der Waals surface area contributed by atoms with E-state index in [-0.39, 0.29) is 24.8 Å². The fourth-order valence-corrected chi connectivity index (χ4v) is 6.60. The Balaban J connectivity index is 1.38. The Hall–Kier alpha value is -3.52. The summed E-state index contributed by atoms with van der Waals surface area (Å²) in [6.07, 6.45) is -4.23. The molecule has 2 aliphatic carbocycles. The number of carbonyl (C=O) groups excluding carboxylic acids is 2. The van der Waals surface area contributed by atoms with Crippen molar-refractivity contribution in [3.05, 3.63) is 40.7 Å². The summed E-state index contributed by atoms with van der Waals surface area (Å²) in [5, 5.41) is 50.2. The summed E-state index contributed by atoms with van der Waals surface area (Å²) in [5.41, 5.74) is 0.0501. The number of likely N-dealkylation sites (tertiary alicyclic amines) is 1. The van der Waals surface area contributed by atoms with Crippen molar-refractivity contribution in [2.24, 2.45) is 0 Å². The molecule has 2 aliphatic heterocycles. The molecule has 39 heavy (non-hydrogen) atoms. The minimum atomic E-state index is -2.04. The molecule has 0 aromatic heterocycles. The van der Waals surface area contributed by atoms with Gasteiger partial charge >= 0.3 is 23.9 Å². The van der Waals surface area contributed by atoms with Gasteiger partial charge in [-0.2, -0.15) is 0 Å². The van der Waals surface area contributed by atoms with Gasteiger partial charge in [-0.15, -0.1) is 0 Å². The predicted molar refractivity (Wildman–Crippen MR) is 127 cm³/mol. The van der Waals surface area contributed by atoms with Gasteiger partial charge in [0.2, 0.25) is 6.10 Å². The summed E-state index contributed by atoms with van der Waals surface area (Å²) in [6.45, 7) is 0.331. The van der Waals surface area contributed by atoms with Crippen molar-refractivity contribution in [2.75, 3.05) is 13.6 Å². The Morgan fingerprint density at radius 2 is 1.95 bits per heavy atom. The zero-order valence-corrected chi connectivity index (χ0v) is 21.0. The second-order valence-electron chi connectivity index (χ2n) is 10.5. The van der Waals surface area contributed by atoms with Crippen LogP contribution < -0.4 is 4.74 Å². The molecule has 13 heteroatoms. The number of aliphatic hydroxyl groups excluding tert-OH is 2. The lowest BCUT2D eigenvalue weighted by molar-refractivity contribution is -0.175. The van der Waals surface area contributed by atoms with Crippen LogP contribution in [0.3, 0.4) is 0 Å². The van der Waals surface area contributed by atoms with E-state index >= 15 is 0 Å². The number of hydrogen-bond donors (Lipinski definition) is 5. The van der Waals surface area contributed by atoms with Crippen LogP contribution in [0.4, 0.5) is 0 Å². The average Bonchev–Trinajstić information content (AvgIpc) is 3.22. The maximum Gasteiger partial charge on any atom is 0.345 e. The number of hydrogen-bond acceptors (Lipinski definition) is 11. The molecule has 0 amide bonds. The van der Waals surface area contributed by atoms with Crippen LogP contribution in [0.25, 0.3) is 0 Å². The number of carbonyl (C=O) groups is 4. The molecule has 0 saturated carbocycles. The number of esters is 2. The highest BCUT2D eigenvalue weighted by atomic mass is 16.6. The largest absolute Gasteiger partial charge is 0.481 e. The smallest absolute Gasteiger partial charge is 0.345 e. The van der Waals surface area contributed by atoms with Gasteiger partial charge in [0.25, 0.3) is 0 Å². The molecule has 5 rings (SSSR count). The maximum absolute atomic E-state index is 12.8. The molecular formula is C26H29NO12. The number of nitrogens with zero attached hydrogens (tertiary/aromatic N) is 1. The molecule has 6 atom stereocenters. The van der Waals surface area contributed by atoms with E-state index < -0.39 is 66.0 Å². The van der Waals surface area contributed by atoms with Crippen molar-refractivity contribution in [3.63, 3.8) is 0 Å². The van der Waals surface area contributed by atoms with Gasteiger partial charge in [0, 0.05) is 23.6 Å². The van der Waals surface area contributed by atoms with Gasteiger partial charge in [-0.1, -0.05) is 12.1 Å². The fraction of sp³-hybridized carbons (Fsp3) is 0.538. The number of benzene rings is 1. The van der Waals surface area contributed by atoms with Crippen LogP contribution in [0, 0.1) is 0 Å². The third-order valence-electron chi connectivity index (χ3n) is 8.39. The number of carboxylic acid groups (broad SMARTS) is 2. The molecule has 0 radical (unpaired) electrons. The SMILES string of the molecule is CN1CC[C@]23c4c5ccc(CO)c4O[C@H]2C(OC(=O)[C@@H](O)CC(=O)O[C@@H](CC(=O)O)C(=O)O)=CC[C@@]3(O)[C@H]1C5. The van der Waals surface area contributed by atoms with E-state index in [4.69, 9.17) is 19.7 Å². The zero-order chi connectivity index (χ0) is 28.3. The first-order valence-electron chi connectivity index (χ1n) is 12.5. The van der Waals surface area contributed by atoms with E-state index in [1.165, 1.54) is 6.08 Å². The fourth-order valence-electron chi connectivity index (χ4n) is 6.60. The summed E-state index contributed by atoms with van der Waals surface area (Å²) in [6, 6.07) is 3.44. The number of aliphatic hydroxyl groups is 3. The maximum atomic E-state index is 12.8. The monoisotopic (exact) mass is 547 g/mol. The highest BCUT2D eigenvalue weighted by Gasteiger charge is 2.71. The van der Waals surface area contributed by atoms with Gasteiger partial charge in [-0.25, -0.2) is 9.59 Å². The van der Waals surface area contributed by atoms with Gasteiger partial charge in [0.15, 0.2) is 12.2 Å². The number of rotatable bonds is 9. The van der Waals surface area contributed by atoms with Crippen LogP contribution in [0.1, 0.15) is 42.4 Å². The third kappa shape index (κ3) is 4.07. The van der Waals surface area contributed by atoms with E-state index in [0.717, 1.165) is 11.1 Å². The van der Waals surface area contributed by atoms with Crippen molar-refractivity contribution in [3.8, 4) is 5.75 Å². The quantitative estimate of drug-likeness (QED) is 0.241. The summed E-state index contributed by atoms with van der Waals surface area (Å²) < 4.78 is 16.4. The second kappa shape index (κ2) is 9.59. The molecule has 13 nitrogen and oxygen atoms in total. The van der Waals surface area contributed by atoms with Gasteiger partial charge in [0.1, 0.15) is 11.5 Å². The highest BCUT2D eigenvalue weighted by molar-refractivity contribution is 5.85. The summed E-state index contributed by atoms with van der Waals surface area (Å²) in [7, 11) is 1.94. The van der Waals surface area contributed by atoms with E-state index in [1.54, 1.807) is 6.07 Å². The van der Waals surface area contributed by atoms with Crippen LogP contribution in [0.15, 0.2) is 24.0 Å². The minimum absolute atomic E-state index is 0.0441. The lowest BCUT2D eigenvalue weighted by atomic mass is 9.50. The molecule has 2 bridgehead atoms. The summed E-state index contributed by atoms with van der Waals surface area (Å²) in [4.78, 5) is 48.9. The standard InChI is InChI=1S/C26H29NO12/c1-27-7-6-25-20-12-2-3-13(11-28)21(20)39-22(25)15(4-5-26(25,36)17(27)8-12)38-24(35)14(29)9-19(32)37-16(23(33)34)10-18(30)31/h2-4,14,16-17,22,28-29,36H,5-11H2,1H3,(H,30,31)(H,33,34)/t14-,16-,17+,22-,25-,26+/m0/s1. The summed E-state index contributed by atoms with van der Waals surface area (Å²) >= 11 is 0. The van der Waals surface area contributed by atoms with Crippen LogP contribution in [-0.2, 0) is 47.1 Å². The number of aliphatic carboxylic acids is 2. The molecule has 2 heterocycles. The van der Waals surface area contributed by atoms with E-state index in [0.29, 0.717) is 30.7 Å². The normalized spacial score (nSPS) is 29.8. The summed E-state index contributed by atoms with van der Waals surface area (Å²) in [5.74, 6) is -5.25. The lowest BCUT2D eigenvalue weighted by Gasteiger charge is -2.61. The average molecular weight is 548 g/mol. The molecule has 0 unspecified atom stereocenters. The Morgan fingerprint density at radius 1 is 1.21 bits per heavy atom. The Kier molecular flexibility index (Phi) is 6.66. The Labute approximate surface area is 222 Å². The van der Waals surface area contributed by atoms with Gasteiger partial charge in [0.05, 0.1) is 30.5 Å². The van der Waals surface area contributed by atoms with E-state index in [1.807, 2.05) is 13.1 Å². The van der Waals surface area contributed by atoms with Crippen LogP contribution in [0.2, 0.25) is 0 Å². The molecule has 1 aromatic carbocycles. The molecular weight excluding hydrogens is 518 g/mol. The second-order valence-corrected chi connectivity index (χ2v) is 10.5. The molecule has 1 aromatic rings. The minimum Gasteiger partial charge on any atom is -0.481 e. The van der Waals surface area contributed by atoms with Crippen molar-refractivity contribution in [2.45, 2.75) is 74.1 Å². The lowest BCUT2D eigenvalue weighted by Crippen LogP contribution is -2.74. The first-order chi connectivity index (χ1) is 18.4. The predicted octanol–water partition coefficient (Wildman–Crippen LogP) is -0.778. The Morgan fingerprint density at radius 3 is 2.62 bits per heavy atom. The Bertz CT molecular complexity index is 1280. The third-order valence-corrected chi connectivity index (χ3v) is 8.39. The van der Waals surface area contributed by atoms with Gasteiger partial charge in [-0.05, 0) is 38.1 Å². The molecule has 4 aliphatic rings. The molecule has 1 saturated heterocycles. The zero-order valence-electron chi connectivity index (χ0n) is 21.0. The first-order valence-corrected chi connectivity index (χ1v) is 12.5. The van der Waals surface area contributed by atoms with E-state index in [9.17, 15) is 34.5 Å². The molecule has 1 spiro atoms. The molecule has 210 valence electrons. The number of likely N-dealkylation sites (N-methyl/N-ethyl adjacent to an activating group) is 1. The van der Waals surface area contributed by atoms with Crippen LogP contribution >= 0.6 is 0 Å². The van der Waals surface area contributed by atoms with Crippen LogP contribution in [-0.4, -0.2) is 97.9 Å². The number of ether oxygens (including phenoxy) is 3. The van der Waals surface area contributed by atoms with Crippen molar-refractivity contribution >= 4 is 23.9 Å². The van der Waals surface area contributed by atoms with Gasteiger partial charge < -0.3 is 44.6 Å². The molecule has 1 fully saturated rings. The highest BCUT2D eigenvalue weighted by Crippen LogP contribution is 2.64. The topological polar surface area (TPSA) is 200 Å². The number of piperidine rings is 1. The van der Waals surface area contributed by atoms with Crippen LogP contribution in [0.5, 0.6) is 5.75 Å². The van der Waals surface area contributed by atoms with E-state index in [2.05, 4.69) is 9.64 Å². The van der Waals surface area contributed by atoms with Crippen molar-refractivity contribution < 1.29 is 58.9 Å². The molecule has 5 N–H and O–H groups in total. The number of carboxylic acids is 2. The van der Waals surface area contributed by atoms with Crippen molar-refractivity contribution in [1.29, 1.82) is 0 Å². The van der Waals surface area contributed by atoms with Crippen molar-refractivity contribution in [1.82, 2.24) is 4.90 Å². The first kappa shape index (κ1) is 27.1.